The molecule has 1 amide bonds. The highest BCUT2D eigenvalue weighted by Crippen LogP contribution is 2.22. The molecule has 26 heavy (non-hydrogen) atoms. The zero-order valence-electron chi connectivity index (χ0n) is 15.9. The second-order valence-corrected chi connectivity index (χ2v) is 9.48. The molecule has 1 aromatic carbocycles. The summed E-state index contributed by atoms with van der Waals surface area (Å²) in [6.07, 6.45) is 2.95. The first-order chi connectivity index (χ1) is 11.5. The van der Waals surface area contributed by atoms with E-state index in [9.17, 15) is 13.2 Å². The topological polar surface area (TPSA) is 92.5 Å². The van der Waals surface area contributed by atoms with Crippen molar-refractivity contribution in [3.8, 4) is 0 Å². The van der Waals surface area contributed by atoms with E-state index >= 15 is 0 Å². The smallest absolute Gasteiger partial charge is 0.254 e. The quantitative estimate of drug-likeness (QED) is 0.807. The summed E-state index contributed by atoms with van der Waals surface area (Å²) in [6, 6.07) is 6.06. The summed E-state index contributed by atoms with van der Waals surface area (Å²) < 4.78 is 27.3. The van der Waals surface area contributed by atoms with Crippen LogP contribution in [-0.4, -0.2) is 43.4 Å². The van der Waals surface area contributed by atoms with E-state index in [0.29, 0.717) is 12.1 Å². The SMILES string of the molecule is CC(N)C1CCCCN1C(=O)c1ccc(S(=O)(=O)NC(C)(C)C)cc1.Cl. The van der Waals surface area contributed by atoms with Crippen LogP contribution in [0.1, 0.15) is 57.3 Å². The van der Waals surface area contributed by atoms with Crippen LogP contribution in [0.5, 0.6) is 0 Å². The number of piperidine rings is 1. The Labute approximate surface area is 163 Å². The van der Waals surface area contributed by atoms with Crippen molar-refractivity contribution in [2.24, 2.45) is 5.73 Å². The van der Waals surface area contributed by atoms with Crippen molar-refractivity contribution >= 4 is 28.3 Å². The number of nitrogens with one attached hydrogen (secondary N) is 1. The van der Waals surface area contributed by atoms with Gasteiger partial charge in [0.25, 0.3) is 5.91 Å². The van der Waals surface area contributed by atoms with Gasteiger partial charge in [0.15, 0.2) is 0 Å². The number of benzene rings is 1. The van der Waals surface area contributed by atoms with Crippen LogP contribution in [-0.2, 0) is 10.0 Å². The van der Waals surface area contributed by atoms with E-state index < -0.39 is 15.6 Å². The Morgan fingerprint density at radius 2 is 1.81 bits per heavy atom. The molecule has 1 fully saturated rings. The predicted molar refractivity (Wildman–Crippen MR) is 106 cm³/mol. The number of likely N-dealkylation sites (tertiary alicyclic amines) is 1. The molecular formula is C18H30ClN3O3S. The van der Waals surface area contributed by atoms with Crippen molar-refractivity contribution in [3.63, 3.8) is 0 Å². The molecule has 0 aromatic heterocycles. The molecule has 1 aromatic rings. The minimum absolute atomic E-state index is 0. The zero-order valence-corrected chi connectivity index (χ0v) is 17.5. The fourth-order valence-electron chi connectivity index (χ4n) is 3.16. The lowest BCUT2D eigenvalue weighted by Gasteiger charge is -2.38. The molecule has 1 aliphatic rings. The van der Waals surface area contributed by atoms with Gasteiger partial charge in [-0.1, -0.05) is 0 Å². The monoisotopic (exact) mass is 403 g/mol. The summed E-state index contributed by atoms with van der Waals surface area (Å²) in [7, 11) is -3.60. The number of hydrogen-bond donors (Lipinski definition) is 2. The van der Waals surface area contributed by atoms with E-state index in [1.165, 1.54) is 12.1 Å². The van der Waals surface area contributed by atoms with Crippen LogP contribution >= 0.6 is 12.4 Å². The number of amides is 1. The second kappa shape index (κ2) is 8.69. The number of nitrogens with two attached hydrogens (primary N) is 1. The molecule has 1 aliphatic heterocycles. The van der Waals surface area contributed by atoms with Crippen LogP contribution in [0.3, 0.4) is 0 Å². The van der Waals surface area contributed by atoms with Crippen LogP contribution in [0.15, 0.2) is 29.2 Å². The Hall–Kier alpha value is -1.15. The molecule has 6 nitrogen and oxygen atoms in total. The van der Waals surface area contributed by atoms with Crippen LogP contribution in [0.25, 0.3) is 0 Å². The van der Waals surface area contributed by atoms with E-state index in [1.807, 2.05) is 11.8 Å². The lowest BCUT2D eigenvalue weighted by atomic mass is 9.96. The average Bonchev–Trinajstić information content (AvgIpc) is 2.52. The van der Waals surface area contributed by atoms with Crippen LogP contribution < -0.4 is 10.5 Å². The highest BCUT2D eigenvalue weighted by atomic mass is 35.5. The molecule has 0 bridgehead atoms. The van der Waals surface area contributed by atoms with Crippen molar-refractivity contribution in [1.82, 2.24) is 9.62 Å². The maximum atomic E-state index is 12.8. The van der Waals surface area contributed by atoms with Crippen molar-refractivity contribution in [3.05, 3.63) is 29.8 Å². The standard InChI is InChI=1S/C18H29N3O3S.ClH/c1-13(19)16-7-5-6-12-21(16)17(22)14-8-10-15(11-9-14)25(23,24)20-18(2,3)4;/h8-11,13,16,20H,5-7,12,19H2,1-4H3;1H. The molecule has 0 spiro atoms. The van der Waals surface area contributed by atoms with Gasteiger partial charge in [-0.15, -0.1) is 12.4 Å². The maximum absolute atomic E-state index is 12.8. The number of nitrogens with zero attached hydrogens (tertiary/aromatic N) is 1. The van der Waals surface area contributed by atoms with Crippen molar-refractivity contribution in [1.29, 1.82) is 0 Å². The number of carbonyl (C=O) groups is 1. The molecule has 2 rings (SSSR count). The Balaban J connectivity index is 0.00000338. The predicted octanol–water partition coefficient (Wildman–Crippen LogP) is 2.53. The molecule has 2 atom stereocenters. The van der Waals surface area contributed by atoms with Gasteiger partial charge in [-0.2, -0.15) is 0 Å². The molecule has 0 saturated carbocycles. The van der Waals surface area contributed by atoms with Crippen LogP contribution in [0.4, 0.5) is 0 Å². The van der Waals surface area contributed by atoms with Gasteiger partial charge < -0.3 is 10.6 Å². The van der Waals surface area contributed by atoms with E-state index in [2.05, 4.69) is 4.72 Å². The number of halogens is 1. The van der Waals surface area contributed by atoms with Gasteiger partial charge >= 0.3 is 0 Å². The normalized spacial score (nSPS) is 19.6. The minimum Gasteiger partial charge on any atom is -0.334 e. The summed E-state index contributed by atoms with van der Waals surface area (Å²) in [6.45, 7) is 7.97. The molecule has 8 heteroatoms. The first-order valence-corrected chi connectivity index (χ1v) is 10.2. The third-order valence-electron chi connectivity index (χ3n) is 4.27. The second-order valence-electron chi connectivity index (χ2n) is 7.80. The fraction of sp³-hybridized carbons (Fsp3) is 0.611. The molecule has 2 unspecified atom stereocenters. The first kappa shape index (κ1) is 22.9. The molecule has 3 N–H and O–H groups in total. The van der Waals surface area contributed by atoms with Gasteiger partial charge in [-0.3, -0.25) is 4.79 Å². The molecule has 148 valence electrons. The lowest BCUT2D eigenvalue weighted by Crippen LogP contribution is -2.51. The fourth-order valence-corrected chi connectivity index (χ4v) is 4.58. The summed E-state index contributed by atoms with van der Waals surface area (Å²) in [5, 5.41) is 0. The van der Waals surface area contributed by atoms with E-state index in [-0.39, 0.29) is 35.3 Å². The van der Waals surface area contributed by atoms with Gasteiger partial charge in [0.05, 0.1) is 4.90 Å². The van der Waals surface area contributed by atoms with E-state index in [4.69, 9.17) is 5.73 Å². The van der Waals surface area contributed by atoms with Gasteiger partial charge in [0.2, 0.25) is 10.0 Å². The Kier molecular flexibility index (Phi) is 7.65. The Morgan fingerprint density at radius 1 is 1.23 bits per heavy atom. The number of rotatable bonds is 4. The first-order valence-electron chi connectivity index (χ1n) is 8.72. The maximum Gasteiger partial charge on any atom is 0.254 e. The molecule has 0 radical (unpaired) electrons. The third-order valence-corrected chi connectivity index (χ3v) is 6.04. The minimum atomic E-state index is -3.60. The third kappa shape index (κ3) is 5.67. The Bertz CT molecular complexity index is 712. The van der Waals surface area contributed by atoms with Crippen LogP contribution in [0.2, 0.25) is 0 Å². The largest absolute Gasteiger partial charge is 0.334 e. The number of sulfonamides is 1. The lowest BCUT2D eigenvalue weighted by molar-refractivity contribution is 0.0583. The Morgan fingerprint density at radius 3 is 2.31 bits per heavy atom. The van der Waals surface area contributed by atoms with E-state index in [0.717, 1.165) is 19.3 Å². The molecular weight excluding hydrogens is 374 g/mol. The van der Waals surface area contributed by atoms with Gasteiger partial charge in [-0.25, -0.2) is 13.1 Å². The average molecular weight is 404 g/mol. The highest BCUT2D eigenvalue weighted by molar-refractivity contribution is 7.89. The van der Waals surface area contributed by atoms with Crippen molar-refractivity contribution in [2.45, 2.75) is 69.5 Å². The van der Waals surface area contributed by atoms with Crippen molar-refractivity contribution in [2.75, 3.05) is 6.54 Å². The zero-order chi connectivity index (χ0) is 18.8. The molecule has 1 heterocycles. The molecule has 1 saturated heterocycles. The summed E-state index contributed by atoms with van der Waals surface area (Å²) in [5.41, 5.74) is 5.96. The summed E-state index contributed by atoms with van der Waals surface area (Å²) in [4.78, 5) is 14.8. The summed E-state index contributed by atoms with van der Waals surface area (Å²) >= 11 is 0. The van der Waals surface area contributed by atoms with Crippen molar-refractivity contribution < 1.29 is 13.2 Å². The summed E-state index contributed by atoms with van der Waals surface area (Å²) in [5.74, 6) is -0.0882. The number of carbonyl (C=O) groups excluding carboxylic acids is 1. The van der Waals surface area contributed by atoms with Gasteiger partial charge in [-0.05, 0) is 71.2 Å². The highest BCUT2D eigenvalue weighted by Gasteiger charge is 2.30. The van der Waals surface area contributed by atoms with Crippen LogP contribution in [0, 0.1) is 0 Å². The van der Waals surface area contributed by atoms with Gasteiger partial charge in [0, 0.05) is 29.7 Å². The number of hydrogen-bond acceptors (Lipinski definition) is 4. The molecule has 0 aliphatic carbocycles. The van der Waals surface area contributed by atoms with Gasteiger partial charge in [0.1, 0.15) is 0 Å². The van der Waals surface area contributed by atoms with E-state index in [1.54, 1.807) is 32.9 Å².